The van der Waals surface area contributed by atoms with Crippen molar-refractivity contribution < 1.29 is 33.3 Å². The number of rotatable bonds is 11. The van der Waals surface area contributed by atoms with E-state index in [-0.39, 0.29) is 62.3 Å². The van der Waals surface area contributed by atoms with Crippen LogP contribution in [-0.4, -0.2) is 79.9 Å². The number of non-ortho nitro benzene ring substituents is 1. The van der Waals surface area contributed by atoms with Crippen molar-refractivity contribution >= 4 is 43.2 Å². The fourth-order valence-electron chi connectivity index (χ4n) is 7.91. The molecule has 1 spiro atoms. The highest BCUT2D eigenvalue weighted by Gasteiger charge is 2.67. The second-order valence-corrected chi connectivity index (χ2v) is 17.5. The fraction of sp³-hybridized carbons (Fsp3) is 0.417. The Hall–Kier alpha value is -4.50. The van der Waals surface area contributed by atoms with Crippen LogP contribution in [0, 0.1) is 16.0 Å². The number of amides is 3. The molecule has 3 heterocycles. The van der Waals surface area contributed by atoms with Crippen LogP contribution in [0.15, 0.2) is 72.8 Å². The molecule has 2 saturated heterocycles. The van der Waals surface area contributed by atoms with Crippen LogP contribution in [0.3, 0.4) is 0 Å². The molecule has 14 heteroatoms. The molecule has 0 aromatic heterocycles. The quantitative estimate of drug-likeness (QED) is 0.131. The molecule has 6 rings (SSSR count). The van der Waals surface area contributed by atoms with Crippen LogP contribution in [0.4, 0.5) is 21.2 Å². The fourth-order valence-corrected chi connectivity index (χ4v) is 10.4. The van der Waals surface area contributed by atoms with Crippen LogP contribution in [0.25, 0.3) is 0 Å². The number of hydrogen-bond donors (Lipinski definition) is 2. The highest BCUT2D eigenvalue weighted by Crippen LogP contribution is 2.60. The summed E-state index contributed by atoms with van der Waals surface area (Å²) in [6.45, 7) is 6.24. The summed E-state index contributed by atoms with van der Waals surface area (Å²) in [5.74, 6) is -1.68. The number of carbonyl (C=O) groups is 3. The van der Waals surface area contributed by atoms with E-state index in [1.807, 2.05) is 54.6 Å². The predicted octanol–water partition coefficient (Wildman–Crippen LogP) is 4.26. The van der Waals surface area contributed by atoms with Crippen molar-refractivity contribution in [1.82, 2.24) is 10.2 Å². The van der Waals surface area contributed by atoms with E-state index in [9.17, 15) is 29.6 Å². The van der Waals surface area contributed by atoms with E-state index in [1.165, 1.54) is 41.1 Å². The zero-order valence-corrected chi connectivity index (χ0v) is 29.4. The third kappa shape index (κ3) is 6.55. The van der Waals surface area contributed by atoms with Crippen molar-refractivity contribution in [1.29, 1.82) is 0 Å². The largest absolute Gasteiger partial charge is 0.395 e. The number of carbonyl (C=O) groups excluding carboxylic acids is 3. The van der Waals surface area contributed by atoms with Gasteiger partial charge >= 0.3 is 0 Å². The van der Waals surface area contributed by atoms with Gasteiger partial charge in [-0.15, -0.1) is 0 Å². The number of fused-ring (bicyclic) bond motifs is 2. The van der Waals surface area contributed by atoms with E-state index in [2.05, 4.69) is 5.32 Å². The lowest BCUT2D eigenvalue weighted by Gasteiger charge is -2.31. The third-order valence-corrected chi connectivity index (χ3v) is 12.6. The molecular formula is C36H42FN5O7Si. The summed E-state index contributed by atoms with van der Waals surface area (Å²) in [7, 11) is -3.65. The first-order valence-corrected chi connectivity index (χ1v) is 19.8. The van der Waals surface area contributed by atoms with Crippen LogP contribution < -0.4 is 15.1 Å². The summed E-state index contributed by atoms with van der Waals surface area (Å²) in [5, 5.41) is 24.8. The van der Waals surface area contributed by atoms with Crippen molar-refractivity contribution in [2.75, 3.05) is 42.6 Å². The molecule has 3 aromatic rings. The molecule has 264 valence electrons. The topological polar surface area (TPSA) is 146 Å². The highest BCUT2D eigenvalue weighted by atomic mass is 28.4. The van der Waals surface area contributed by atoms with Gasteiger partial charge in [0.15, 0.2) is 5.60 Å². The molecular weight excluding hydrogens is 662 g/mol. The van der Waals surface area contributed by atoms with Crippen molar-refractivity contribution in [3.63, 3.8) is 0 Å². The second kappa shape index (κ2) is 14.0. The molecule has 3 aromatic carbocycles. The van der Waals surface area contributed by atoms with Gasteiger partial charge in [-0.3, -0.25) is 24.5 Å². The van der Waals surface area contributed by atoms with Crippen LogP contribution in [0.1, 0.15) is 30.0 Å². The number of aliphatic hydroxyl groups is 1. The summed E-state index contributed by atoms with van der Waals surface area (Å²) in [5.41, 5.74) is 0.125. The number of nitro groups is 1. The molecule has 2 N–H and O–H groups in total. The number of piperazine rings is 1. The molecule has 12 nitrogen and oxygen atoms in total. The van der Waals surface area contributed by atoms with Crippen molar-refractivity contribution in [2.45, 2.75) is 56.8 Å². The SMILES string of the molecule is C[C@H]1[C@H]([Si](C)(C)F)[C@@H](CC(=O)N(CCO)Cc2ccccc2)O[C@]12C(=O)N(Cc1cccc(N3CCNCC3=O)c1)c1ccc([N+](=O)[O-])cc12. The number of nitro benzene ring substituents is 1. The van der Waals surface area contributed by atoms with Gasteiger partial charge in [-0.25, -0.2) is 0 Å². The van der Waals surface area contributed by atoms with Crippen LogP contribution in [0.5, 0.6) is 0 Å². The number of anilines is 2. The van der Waals surface area contributed by atoms with Gasteiger partial charge in [-0.05, 0) is 42.4 Å². The molecule has 3 aliphatic rings. The standard InChI is InChI=1S/C36H42FN5O7Si/c1-24-34(50(2,3)37)31(20-32(44)39(16-17-43)22-25-8-5-4-6-9-25)49-36(24)29-19-28(42(47)48)12-13-30(29)41(35(36)46)23-26-10-7-11-27(18-26)40-15-14-38-21-33(40)45/h4-13,18-19,24,31,34,38,43H,14-17,20-23H2,1-3H3/t24-,31+,34-,36+/m0/s1. The zero-order valence-electron chi connectivity index (χ0n) is 28.4. The molecule has 3 aliphatic heterocycles. The minimum Gasteiger partial charge on any atom is -0.395 e. The maximum Gasteiger partial charge on any atom is 0.269 e. The lowest BCUT2D eigenvalue weighted by Crippen LogP contribution is -2.48. The second-order valence-electron chi connectivity index (χ2n) is 13.7. The van der Waals surface area contributed by atoms with Gasteiger partial charge in [-0.2, -0.15) is 0 Å². The summed E-state index contributed by atoms with van der Waals surface area (Å²) >= 11 is 0. The molecule has 0 saturated carbocycles. The Balaban J connectivity index is 1.36. The average Bonchev–Trinajstić information content (AvgIpc) is 3.51. The molecule has 0 unspecified atom stereocenters. The Morgan fingerprint density at radius 3 is 2.54 bits per heavy atom. The molecule has 50 heavy (non-hydrogen) atoms. The van der Waals surface area contributed by atoms with Crippen LogP contribution >= 0.6 is 0 Å². The van der Waals surface area contributed by atoms with E-state index in [0.717, 1.165) is 11.1 Å². The molecule has 2 fully saturated rings. The number of halogens is 1. The third-order valence-electron chi connectivity index (χ3n) is 10.1. The number of nitrogens with zero attached hydrogens (tertiary/aromatic N) is 4. The van der Waals surface area contributed by atoms with E-state index >= 15 is 4.11 Å². The number of hydrogen-bond acceptors (Lipinski definition) is 8. The minimum atomic E-state index is -3.65. The number of nitrogens with one attached hydrogen (secondary N) is 1. The normalized spacial score (nSPS) is 23.4. The molecule has 3 amide bonds. The maximum absolute atomic E-state index is 16.4. The van der Waals surface area contributed by atoms with Crippen LogP contribution in [0.2, 0.25) is 18.6 Å². The van der Waals surface area contributed by atoms with Crippen molar-refractivity contribution in [3.8, 4) is 0 Å². The van der Waals surface area contributed by atoms with E-state index < -0.39 is 42.4 Å². The Bertz CT molecular complexity index is 1790. The molecule has 0 radical (unpaired) electrons. The lowest BCUT2D eigenvalue weighted by atomic mass is 9.82. The lowest BCUT2D eigenvalue weighted by molar-refractivity contribution is -0.385. The Morgan fingerprint density at radius 2 is 1.86 bits per heavy atom. The number of aliphatic hydroxyl groups excluding tert-OH is 1. The monoisotopic (exact) mass is 703 g/mol. The number of benzene rings is 3. The molecule has 0 aliphatic carbocycles. The Labute approximate surface area is 291 Å². The van der Waals surface area contributed by atoms with E-state index in [1.54, 1.807) is 11.8 Å². The van der Waals surface area contributed by atoms with Gasteiger partial charge in [0.05, 0.1) is 42.8 Å². The van der Waals surface area contributed by atoms with Crippen molar-refractivity contribution in [2.24, 2.45) is 5.92 Å². The summed E-state index contributed by atoms with van der Waals surface area (Å²) < 4.78 is 23.1. The smallest absolute Gasteiger partial charge is 0.269 e. The highest BCUT2D eigenvalue weighted by molar-refractivity contribution is 6.72. The first-order valence-electron chi connectivity index (χ1n) is 16.9. The minimum absolute atomic E-state index is 0.0581. The zero-order chi connectivity index (χ0) is 35.8. The summed E-state index contributed by atoms with van der Waals surface area (Å²) in [4.78, 5) is 57.4. The maximum atomic E-state index is 16.4. The van der Waals surface area contributed by atoms with E-state index in [0.29, 0.717) is 24.5 Å². The predicted molar refractivity (Wildman–Crippen MR) is 188 cm³/mol. The van der Waals surface area contributed by atoms with Gasteiger partial charge in [0.25, 0.3) is 11.6 Å². The average molecular weight is 704 g/mol. The van der Waals surface area contributed by atoms with Gasteiger partial charge in [0.2, 0.25) is 20.2 Å². The molecule has 0 bridgehead atoms. The first-order chi connectivity index (χ1) is 23.8. The van der Waals surface area contributed by atoms with Crippen LogP contribution in [-0.2, 0) is 37.8 Å². The van der Waals surface area contributed by atoms with Gasteiger partial charge in [0, 0.05) is 61.0 Å². The van der Waals surface area contributed by atoms with Crippen molar-refractivity contribution in [3.05, 3.63) is 99.6 Å². The van der Waals surface area contributed by atoms with Gasteiger partial charge in [-0.1, -0.05) is 49.4 Å². The summed E-state index contributed by atoms with van der Waals surface area (Å²) in [6, 6.07) is 20.8. The Kier molecular flexibility index (Phi) is 9.90. The Morgan fingerprint density at radius 1 is 1.12 bits per heavy atom. The van der Waals surface area contributed by atoms with Gasteiger partial charge in [0.1, 0.15) is 0 Å². The number of ether oxygens (including phenoxy) is 1. The van der Waals surface area contributed by atoms with E-state index in [4.69, 9.17) is 4.74 Å². The molecule has 4 atom stereocenters. The van der Waals surface area contributed by atoms with Gasteiger partial charge < -0.3 is 34.0 Å². The summed E-state index contributed by atoms with van der Waals surface area (Å²) in [6.07, 6.45) is -1.23. The first kappa shape index (κ1) is 35.3.